The summed E-state index contributed by atoms with van der Waals surface area (Å²) in [6, 6.07) is 7.60. The van der Waals surface area contributed by atoms with Crippen LogP contribution in [0.25, 0.3) is 0 Å². The first-order valence-electron chi connectivity index (χ1n) is 9.40. The molecule has 2 aromatic rings. The summed E-state index contributed by atoms with van der Waals surface area (Å²) in [5, 5.41) is 19.8. The molecule has 0 unspecified atom stereocenters. The number of ether oxygens (including phenoxy) is 1. The van der Waals surface area contributed by atoms with E-state index in [0.717, 1.165) is 30.0 Å². The predicted octanol–water partition coefficient (Wildman–Crippen LogP) is 2.05. The topological polar surface area (TPSA) is 143 Å². The van der Waals surface area contributed by atoms with Crippen LogP contribution >= 0.6 is 11.3 Å². The molecule has 1 fully saturated rings. The summed E-state index contributed by atoms with van der Waals surface area (Å²) in [6.45, 7) is 0.949. The van der Waals surface area contributed by atoms with Crippen molar-refractivity contribution in [3.8, 4) is 0 Å². The predicted molar refractivity (Wildman–Crippen MR) is 110 cm³/mol. The van der Waals surface area contributed by atoms with E-state index in [-0.39, 0.29) is 11.8 Å². The van der Waals surface area contributed by atoms with Gasteiger partial charge in [0.05, 0.1) is 16.6 Å². The Morgan fingerprint density at radius 3 is 2.87 bits per heavy atom. The lowest BCUT2D eigenvalue weighted by Crippen LogP contribution is -2.50. The van der Waals surface area contributed by atoms with E-state index in [1.165, 1.54) is 11.3 Å². The number of benzene rings is 1. The minimum Gasteiger partial charge on any atom is -0.480 e. The first-order valence-corrected chi connectivity index (χ1v) is 10.2. The summed E-state index contributed by atoms with van der Waals surface area (Å²) >= 11 is 1.37. The van der Waals surface area contributed by atoms with Crippen LogP contribution in [0.5, 0.6) is 0 Å². The largest absolute Gasteiger partial charge is 0.480 e. The van der Waals surface area contributed by atoms with Crippen LogP contribution in [-0.2, 0) is 16.0 Å². The Kier molecular flexibility index (Phi) is 5.44. The van der Waals surface area contributed by atoms with Gasteiger partial charge in [0.25, 0.3) is 0 Å². The third-order valence-corrected chi connectivity index (χ3v) is 6.25. The zero-order chi connectivity index (χ0) is 21.1. The minimum absolute atomic E-state index is 0.124. The van der Waals surface area contributed by atoms with E-state index in [1.54, 1.807) is 6.20 Å². The highest BCUT2D eigenvalue weighted by atomic mass is 32.1. The molecule has 3 N–H and O–H groups in total. The molecule has 156 valence electrons. The van der Waals surface area contributed by atoms with E-state index >= 15 is 0 Å². The molecule has 1 aromatic carbocycles. The van der Waals surface area contributed by atoms with Crippen molar-refractivity contribution < 1.29 is 19.4 Å². The van der Waals surface area contributed by atoms with E-state index in [0.29, 0.717) is 23.5 Å². The molecule has 0 radical (unpaired) electrons. The highest BCUT2D eigenvalue weighted by molar-refractivity contribution is 7.17. The maximum absolute atomic E-state index is 12.4. The fourth-order valence-corrected chi connectivity index (χ4v) is 4.51. The fraction of sp³-hybridized carbons (Fsp3) is 0.368. The monoisotopic (exact) mass is 428 g/mol. The van der Waals surface area contributed by atoms with Crippen LogP contribution in [-0.4, -0.2) is 53.1 Å². The maximum atomic E-state index is 12.4. The number of thiazole rings is 1. The van der Waals surface area contributed by atoms with Gasteiger partial charge in [-0.15, -0.1) is 5.10 Å². The number of carboxylic acid groups (broad SMARTS) is 1. The first-order chi connectivity index (χ1) is 14.5. The molecule has 0 amide bonds. The van der Waals surface area contributed by atoms with Gasteiger partial charge in [-0.2, -0.15) is 5.11 Å². The summed E-state index contributed by atoms with van der Waals surface area (Å²) in [5.74, 6) is -1.22. The fourth-order valence-electron chi connectivity index (χ4n) is 3.64. The van der Waals surface area contributed by atoms with Crippen molar-refractivity contribution in [1.82, 2.24) is 4.98 Å². The number of fused-ring (bicyclic) bond motifs is 1. The number of carbonyl (C=O) groups excluding carboxylic acids is 1. The Balaban J connectivity index is 1.40. The number of carboxylic acids is 1. The van der Waals surface area contributed by atoms with E-state index in [2.05, 4.69) is 25.3 Å². The normalized spacial score (nSPS) is 18.5. The van der Waals surface area contributed by atoms with Crippen LogP contribution in [0, 0.1) is 0 Å². The average molecular weight is 428 g/mol. The summed E-state index contributed by atoms with van der Waals surface area (Å²) < 4.78 is 5.85. The Labute approximate surface area is 176 Å². The minimum atomic E-state index is -1.09. The average Bonchev–Trinajstić information content (AvgIpc) is 3.22. The lowest BCUT2D eigenvalue weighted by atomic mass is 9.82. The molecule has 1 spiro atoms. The van der Waals surface area contributed by atoms with Crippen molar-refractivity contribution in [1.29, 1.82) is 0 Å². The summed E-state index contributed by atoms with van der Waals surface area (Å²) in [5.41, 5.74) is 7.10. The highest BCUT2D eigenvalue weighted by Crippen LogP contribution is 2.37. The van der Waals surface area contributed by atoms with Crippen LogP contribution < -0.4 is 10.6 Å². The molecule has 2 aliphatic rings. The van der Waals surface area contributed by atoms with Gasteiger partial charge in [0.2, 0.25) is 0 Å². The van der Waals surface area contributed by atoms with Gasteiger partial charge in [0.15, 0.2) is 17.5 Å². The second kappa shape index (κ2) is 8.19. The Bertz CT molecular complexity index is 1030. The number of rotatable bonds is 5. The SMILES string of the molecule is N/C(=N\N=NCC(=O)O)c1cnc(N2CCC3(CC2)Cc2ccccc2C(=O)O3)s1. The van der Waals surface area contributed by atoms with Crippen molar-refractivity contribution >= 4 is 34.2 Å². The number of nitrogens with two attached hydrogens (primary N) is 1. The number of esters is 1. The quantitative estimate of drug-likeness (QED) is 0.244. The molecule has 0 saturated carbocycles. The summed E-state index contributed by atoms with van der Waals surface area (Å²) in [7, 11) is 0. The van der Waals surface area contributed by atoms with Crippen LogP contribution in [0.1, 0.15) is 33.6 Å². The molecular weight excluding hydrogens is 408 g/mol. The van der Waals surface area contributed by atoms with Gasteiger partial charge < -0.3 is 20.5 Å². The Hall–Kier alpha value is -3.34. The van der Waals surface area contributed by atoms with Crippen molar-refractivity contribution in [2.45, 2.75) is 24.9 Å². The Morgan fingerprint density at radius 2 is 2.10 bits per heavy atom. The number of amidine groups is 1. The molecule has 4 rings (SSSR count). The second-order valence-electron chi connectivity index (χ2n) is 7.17. The second-order valence-corrected chi connectivity index (χ2v) is 8.18. The standard InChI is InChI=1S/C19H20N6O4S/c20-16(23-24-22-11-15(26)27)14-10-21-18(30-14)25-7-5-19(6-8-25)9-12-3-1-2-4-13(12)17(28)29-19/h1-4,10H,5-9,11H2,(H,26,27)(H2,20,22,23). The molecule has 10 nitrogen and oxygen atoms in total. The zero-order valence-electron chi connectivity index (χ0n) is 16.0. The van der Waals surface area contributed by atoms with E-state index in [1.807, 2.05) is 24.3 Å². The van der Waals surface area contributed by atoms with Crippen molar-refractivity contribution in [3.63, 3.8) is 0 Å². The number of aromatic nitrogens is 1. The number of hydrogen-bond acceptors (Lipinski definition) is 8. The molecule has 1 aromatic heterocycles. The lowest BCUT2D eigenvalue weighted by molar-refractivity contribution is -0.135. The number of carbonyl (C=O) groups is 2. The van der Waals surface area contributed by atoms with Crippen LogP contribution in [0.3, 0.4) is 0 Å². The number of anilines is 1. The van der Waals surface area contributed by atoms with Crippen LogP contribution in [0.15, 0.2) is 45.9 Å². The van der Waals surface area contributed by atoms with Gasteiger partial charge in [-0.05, 0) is 16.9 Å². The third-order valence-electron chi connectivity index (χ3n) is 5.17. The summed E-state index contributed by atoms with van der Waals surface area (Å²) in [6.07, 6.45) is 3.77. The molecule has 0 bridgehead atoms. The van der Waals surface area contributed by atoms with Gasteiger partial charge in [-0.1, -0.05) is 29.5 Å². The summed E-state index contributed by atoms with van der Waals surface area (Å²) in [4.78, 5) is 30.0. The molecule has 0 aliphatic carbocycles. The van der Waals surface area contributed by atoms with Gasteiger partial charge in [-0.3, -0.25) is 4.79 Å². The maximum Gasteiger partial charge on any atom is 0.338 e. The van der Waals surface area contributed by atoms with Crippen molar-refractivity contribution in [2.75, 3.05) is 24.5 Å². The smallest absolute Gasteiger partial charge is 0.338 e. The lowest BCUT2D eigenvalue weighted by Gasteiger charge is -2.43. The van der Waals surface area contributed by atoms with E-state index < -0.39 is 18.1 Å². The molecule has 11 heteroatoms. The van der Waals surface area contributed by atoms with Gasteiger partial charge >= 0.3 is 11.9 Å². The number of hydrogen-bond donors (Lipinski definition) is 2. The van der Waals surface area contributed by atoms with Crippen LogP contribution in [0.4, 0.5) is 5.13 Å². The van der Waals surface area contributed by atoms with Crippen molar-refractivity contribution in [3.05, 3.63) is 46.5 Å². The number of aliphatic carboxylic acids is 1. The van der Waals surface area contributed by atoms with Crippen molar-refractivity contribution in [2.24, 2.45) is 21.2 Å². The molecule has 1 saturated heterocycles. The van der Waals surface area contributed by atoms with Gasteiger partial charge in [-0.25, -0.2) is 9.78 Å². The van der Waals surface area contributed by atoms with Gasteiger partial charge in [0, 0.05) is 32.4 Å². The Morgan fingerprint density at radius 1 is 1.33 bits per heavy atom. The number of nitrogens with zero attached hydrogens (tertiary/aromatic N) is 5. The first kappa shape index (κ1) is 20.0. The molecule has 3 heterocycles. The van der Waals surface area contributed by atoms with E-state index in [4.69, 9.17) is 15.6 Å². The molecule has 30 heavy (non-hydrogen) atoms. The van der Waals surface area contributed by atoms with Crippen LogP contribution in [0.2, 0.25) is 0 Å². The number of piperidine rings is 1. The third kappa shape index (κ3) is 4.15. The molecule has 0 atom stereocenters. The zero-order valence-corrected chi connectivity index (χ0v) is 16.8. The molecular formula is C19H20N6O4S. The highest BCUT2D eigenvalue weighted by Gasteiger charge is 2.43. The van der Waals surface area contributed by atoms with Gasteiger partial charge in [0.1, 0.15) is 5.60 Å². The molecule has 2 aliphatic heterocycles. The van der Waals surface area contributed by atoms with E-state index in [9.17, 15) is 9.59 Å².